The van der Waals surface area contributed by atoms with E-state index in [2.05, 4.69) is 51.0 Å². The minimum absolute atomic E-state index is 0.00590. The first-order valence-corrected chi connectivity index (χ1v) is 12.3. The van der Waals surface area contributed by atoms with Crippen LogP contribution in [0, 0.1) is 0 Å². The molecule has 2 aliphatic rings. The van der Waals surface area contributed by atoms with E-state index in [1.165, 1.54) is 11.1 Å². The molecule has 0 bridgehead atoms. The number of nitrogens with zero attached hydrogens (tertiary/aromatic N) is 2. The van der Waals surface area contributed by atoms with Gasteiger partial charge in [-0.05, 0) is 60.8 Å². The Hall–Kier alpha value is -3.36. The molecule has 2 aromatic carbocycles. The number of rotatable bonds is 6. The third-order valence-corrected chi connectivity index (χ3v) is 7.53. The molecule has 1 unspecified atom stereocenters. The predicted molar refractivity (Wildman–Crippen MR) is 135 cm³/mol. The van der Waals surface area contributed by atoms with Crippen LogP contribution >= 0.6 is 11.8 Å². The Morgan fingerprint density at radius 3 is 2.97 bits per heavy atom. The second-order valence-corrected chi connectivity index (χ2v) is 9.99. The molecule has 0 fully saturated rings. The zero-order valence-corrected chi connectivity index (χ0v) is 19.8. The fraction of sp³-hybridized carbons (Fsp3) is 0.269. The summed E-state index contributed by atoms with van der Waals surface area (Å²) in [4.78, 5) is 28.9. The molecule has 3 aromatic rings. The number of aromatic amines is 1. The summed E-state index contributed by atoms with van der Waals surface area (Å²) < 4.78 is 0. The smallest absolute Gasteiger partial charge is 0.255 e. The third kappa shape index (κ3) is 5.08. The van der Waals surface area contributed by atoms with Crippen LogP contribution in [0.4, 0.5) is 5.69 Å². The number of aromatic nitrogens is 2. The summed E-state index contributed by atoms with van der Waals surface area (Å²) >= 11 is 1.55. The second kappa shape index (κ2) is 9.87. The van der Waals surface area contributed by atoms with Crippen molar-refractivity contribution in [1.82, 2.24) is 20.4 Å². The van der Waals surface area contributed by atoms with Crippen molar-refractivity contribution in [2.45, 2.75) is 31.2 Å². The van der Waals surface area contributed by atoms with Crippen molar-refractivity contribution >= 4 is 34.2 Å². The molecule has 2 aliphatic heterocycles. The summed E-state index contributed by atoms with van der Waals surface area (Å²) in [5, 5.41) is 12.6. The molecule has 0 radical (unpaired) electrons. The van der Waals surface area contributed by atoms with Crippen LogP contribution in [0.3, 0.4) is 0 Å². The van der Waals surface area contributed by atoms with E-state index < -0.39 is 0 Å². The molecule has 174 valence electrons. The van der Waals surface area contributed by atoms with Gasteiger partial charge in [0.05, 0.1) is 11.4 Å². The number of nitrogens with one attached hydrogen (secondary N) is 3. The molecular weight excluding hydrogens is 446 g/mol. The molecular formula is C26H27N5O2S. The second-order valence-electron chi connectivity index (χ2n) is 8.74. The van der Waals surface area contributed by atoms with E-state index >= 15 is 0 Å². The van der Waals surface area contributed by atoms with Crippen molar-refractivity contribution < 1.29 is 9.59 Å². The van der Waals surface area contributed by atoms with Crippen molar-refractivity contribution in [1.29, 1.82) is 0 Å². The fourth-order valence-corrected chi connectivity index (χ4v) is 5.43. The average Bonchev–Trinajstić information content (AvgIpc) is 3.55. The lowest BCUT2D eigenvalue weighted by atomic mass is 9.99. The molecule has 8 heteroatoms. The summed E-state index contributed by atoms with van der Waals surface area (Å²) in [6.45, 7) is 2.33. The number of hydrogen-bond acceptors (Lipinski definition) is 5. The lowest BCUT2D eigenvalue weighted by Crippen LogP contribution is -2.31. The quantitative estimate of drug-likeness (QED) is 0.507. The van der Waals surface area contributed by atoms with E-state index in [9.17, 15) is 9.59 Å². The highest BCUT2D eigenvalue weighted by Crippen LogP contribution is 2.38. The molecule has 34 heavy (non-hydrogen) atoms. The highest BCUT2D eigenvalue weighted by Gasteiger charge is 2.25. The van der Waals surface area contributed by atoms with Gasteiger partial charge in [0, 0.05) is 47.6 Å². The molecule has 7 nitrogen and oxygen atoms in total. The van der Waals surface area contributed by atoms with Crippen molar-refractivity contribution in [3.8, 4) is 0 Å². The topological polar surface area (TPSA) is 90.1 Å². The Balaban J connectivity index is 1.17. The van der Waals surface area contributed by atoms with Crippen LogP contribution in [0.15, 0.2) is 60.9 Å². The van der Waals surface area contributed by atoms with Crippen molar-refractivity contribution in [3.63, 3.8) is 0 Å². The number of allylic oxidation sites excluding steroid dienone is 1. The van der Waals surface area contributed by atoms with E-state index in [1.807, 2.05) is 30.5 Å². The molecule has 3 heterocycles. The minimum atomic E-state index is -0.155. The van der Waals surface area contributed by atoms with Gasteiger partial charge in [-0.1, -0.05) is 24.3 Å². The lowest BCUT2D eigenvalue weighted by Gasteiger charge is -2.25. The van der Waals surface area contributed by atoms with Crippen LogP contribution in [0.25, 0.3) is 4.91 Å². The Bertz CT molecular complexity index is 1240. The predicted octanol–water partition coefficient (Wildman–Crippen LogP) is 3.81. The van der Waals surface area contributed by atoms with E-state index in [1.54, 1.807) is 24.0 Å². The highest BCUT2D eigenvalue weighted by atomic mass is 32.2. The van der Waals surface area contributed by atoms with Crippen LogP contribution < -0.4 is 10.6 Å². The van der Waals surface area contributed by atoms with Gasteiger partial charge >= 0.3 is 0 Å². The van der Waals surface area contributed by atoms with Gasteiger partial charge in [-0.25, -0.2) is 0 Å². The molecule has 0 aliphatic carbocycles. The van der Waals surface area contributed by atoms with Crippen LogP contribution in [0.1, 0.15) is 39.0 Å². The molecule has 1 aromatic heterocycles. The van der Waals surface area contributed by atoms with Gasteiger partial charge in [0.1, 0.15) is 0 Å². The third-order valence-electron chi connectivity index (χ3n) is 6.18. The normalized spacial score (nSPS) is 17.7. The van der Waals surface area contributed by atoms with E-state index in [4.69, 9.17) is 0 Å². The average molecular weight is 474 g/mol. The van der Waals surface area contributed by atoms with Gasteiger partial charge < -0.3 is 15.5 Å². The Morgan fingerprint density at radius 1 is 1.21 bits per heavy atom. The Morgan fingerprint density at radius 2 is 2.12 bits per heavy atom. The Labute approximate surface area is 203 Å². The maximum atomic E-state index is 12.9. The zero-order valence-electron chi connectivity index (χ0n) is 19.0. The number of H-pyrrole nitrogens is 1. The zero-order chi connectivity index (χ0) is 23.5. The SMILES string of the molecule is CN1CCc2ccc(NC(=O)c3cccc(CNC(=O)C4CC=C(c5cn[nH]c5)S4)c3)cc2C1. The molecule has 1 atom stereocenters. The Kier molecular flexibility index (Phi) is 6.51. The van der Waals surface area contributed by atoms with Crippen LogP contribution in [0.5, 0.6) is 0 Å². The van der Waals surface area contributed by atoms with Crippen molar-refractivity contribution in [3.05, 3.63) is 88.8 Å². The number of carbonyl (C=O) groups excluding carboxylic acids is 2. The number of likely N-dealkylation sites (N-methyl/N-ethyl adjacent to an activating group) is 1. The van der Waals surface area contributed by atoms with Gasteiger partial charge in [-0.2, -0.15) is 5.10 Å². The molecule has 2 amide bonds. The molecule has 0 saturated heterocycles. The fourth-order valence-electron chi connectivity index (χ4n) is 4.30. The maximum absolute atomic E-state index is 12.9. The number of fused-ring (bicyclic) bond motifs is 1. The largest absolute Gasteiger partial charge is 0.351 e. The van der Waals surface area contributed by atoms with E-state index in [-0.39, 0.29) is 17.1 Å². The van der Waals surface area contributed by atoms with Crippen molar-refractivity contribution in [2.75, 3.05) is 18.9 Å². The number of carbonyl (C=O) groups is 2. The van der Waals surface area contributed by atoms with Gasteiger partial charge in [0.15, 0.2) is 0 Å². The van der Waals surface area contributed by atoms with Gasteiger partial charge in [0.25, 0.3) is 5.91 Å². The first-order chi connectivity index (χ1) is 16.5. The number of hydrogen-bond donors (Lipinski definition) is 3. The highest BCUT2D eigenvalue weighted by molar-refractivity contribution is 8.09. The number of amides is 2. The number of thioether (sulfide) groups is 1. The van der Waals surface area contributed by atoms with Crippen LogP contribution in [-0.4, -0.2) is 45.8 Å². The molecule has 5 rings (SSSR count). The van der Waals surface area contributed by atoms with Crippen LogP contribution in [-0.2, 0) is 24.3 Å². The summed E-state index contributed by atoms with van der Waals surface area (Å²) in [6, 6.07) is 13.5. The molecule has 3 N–H and O–H groups in total. The summed E-state index contributed by atoms with van der Waals surface area (Å²) in [6.07, 6.45) is 7.39. The first-order valence-electron chi connectivity index (χ1n) is 11.4. The summed E-state index contributed by atoms with van der Waals surface area (Å²) in [7, 11) is 2.11. The van der Waals surface area contributed by atoms with Gasteiger partial charge in [-0.15, -0.1) is 11.8 Å². The van der Waals surface area contributed by atoms with Gasteiger partial charge in [0.2, 0.25) is 5.91 Å². The first kappa shape index (κ1) is 22.4. The van der Waals surface area contributed by atoms with Gasteiger partial charge in [-0.3, -0.25) is 14.7 Å². The van der Waals surface area contributed by atoms with Crippen molar-refractivity contribution in [2.24, 2.45) is 0 Å². The van der Waals surface area contributed by atoms with Crippen LogP contribution in [0.2, 0.25) is 0 Å². The summed E-state index contributed by atoms with van der Waals surface area (Å²) in [5.74, 6) is -0.161. The standard InChI is InChI=1S/C26H27N5O2S/c1-31-10-9-18-5-6-22(12-20(18)16-31)30-25(32)19-4-2-3-17(11-19)13-27-26(33)24-8-7-23(34-24)21-14-28-29-15-21/h2-7,11-12,14-15,24H,8-10,13,16H2,1H3,(H,27,33)(H,28,29)(H,30,32). The number of anilines is 1. The monoisotopic (exact) mass is 473 g/mol. The number of benzene rings is 2. The lowest BCUT2D eigenvalue weighted by molar-refractivity contribution is -0.120. The summed E-state index contributed by atoms with van der Waals surface area (Å²) in [5.41, 5.74) is 5.88. The van der Waals surface area contributed by atoms with E-state index in [0.717, 1.165) is 41.2 Å². The minimum Gasteiger partial charge on any atom is -0.351 e. The van der Waals surface area contributed by atoms with E-state index in [0.29, 0.717) is 18.5 Å². The maximum Gasteiger partial charge on any atom is 0.255 e. The molecule has 0 spiro atoms. The molecule has 0 saturated carbocycles.